The summed E-state index contributed by atoms with van der Waals surface area (Å²) in [5.41, 5.74) is 2.78. The van der Waals surface area contributed by atoms with Gasteiger partial charge in [-0.1, -0.05) is 54.6 Å². The minimum Gasteiger partial charge on any atom is -0.289 e. The number of hydrogen-bond donors (Lipinski definition) is 1. The molecule has 0 heterocycles. The Morgan fingerprint density at radius 1 is 1.00 bits per heavy atom. The third-order valence-corrected chi connectivity index (χ3v) is 3.12. The fraction of sp³-hybridized carbons (Fsp3) is 0.0625. The number of allylic oxidation sites excluding steroid dienone is 1. The van der Waals surface area contributed by atoms with Gasteiger partial charge in [0.05, 0.1) is 0 Å². The summed E-state index contributed by atoms with van der Waals surface area (Å²) in [6.07, 6.45) is 1.57. The maximum atomic E-state index is 12.0. The van der Waals surface area contributed by atoms with Gasteiger partial charge in [-0.25, -0.2) is 0 Å². The van der Waals surface area contributed by atoms with Gasteiger partial charge in [-0.05, 0) is 24.1 Å². The Bertz CT molecular complexity index is 585. The molecule has 0 saturated carbocycles. The van der Waals surface area contributed by atoms with E-state index in [0.29, 0.717) is 10.5 Å². The molecular weight excluding hydrogens is 240 g/mol. The van der Waals surface area contributed by atoms with E-state index in [0.717, 1.165) is 11.1 Å². The van der Waals surface area contributed by atoms with E-state index in [1.54, 1.807) is 18.2 Å². The van der Waals surface area contributed by atoms with Crippen LogP contribution >= 0.6 is 12.6 Å². The Morgan fingerprint density at radius 3 is 2.28 bits per heavy atom. The van der Waals surface area contributed by atoms with E-state index in [4.69, 9.17) is 0 Å². The quantitative estimate of drug-likeness (QED) is 0.494. The average molecular weight is 254 g/mol. The van der Waals surface area contributed by atoms with Gasteiger partial charge in [0.15, 0.2) is 5.78 Å². The molecule has 18 heavy (non-hydrogen) atoms. The van der Waals surface area contributed by atoms with Crippen molar-refractivity contribution in [1.82, 2.24) is 0 Å². The lowest BCUT2D eigenvalue weighted by Crippen LogP contribution is -1.95. The van der Waals surface area contributed by atoms with Crippen molar-refractivity contribution in [1.29, 1.82) is 0 Å². The van der Waals surface area contributed by atoms with Crippen LogP contribution in [-0.4, -0.2) is 5.78 Å². The molecule has 0 aliphatic carbocycles. The fourth-order valence-corrected chi connectivity index (χ4v) is 2.12. The third kappa shape index (κ3) is 2.90. The van der Waals surface area contributed by atoms with Gasteiger partial charge in [-0.15, -0.1) is 12.6 Å². The van der Waals surface area contributed by atoms with Crippen LogP contribution in [-0.2, 0) is 0 Å². The van der Waals surface area contributed by atoms with Crippen molar-refractivity contribution in [2.24, 2.45) is 0 Å². The van der Waals surface area contributed by atoms with Crippen molar-refractivity contribution in [3.8, 4) is 0 Å². The van der Waals surface area contributed by atoms with Crippen molar-refractivity contribution >= 4 is 23.3 Å². The summed E-state index contributed by atoms with van der Waals surface area (Å²) in [7, 11) is 0. The van der Waals surface area contributed by atoms with Gasteiger partial charge >= 0.3 is 0 Å². The summed E-state index contributed by atoms with van der Waals surface area (Å²) in [5, 5.41) is 0. The molecule has 90 valence electrons. The molecule has 0 aromatic heterocycles. The van der Waals surface area contributed by atoms with Crippen molar-refractivity contribution in [3.05, 3.63) is 77.4 Å². The molecule has 0 spiro atoms. The zero-order valence-electron chi connectivity index (χ0n) is 10.1. The van der Waals surface area contributed by atoms with Crippen molar-refractivity contribution in [2.75, 3.05) is 0 Å². The van der Waals surface area contributed by atoms with Gasteiger partial charge in [0.1, 0.15) is 0 Å². The zero-order valence-corrected chi connectivity index (χ0v) is 11.0. The molecule has 0 radical (unpaired) electrons. The summed E-state index contributed by atoms with van der Waals surface area (Å²) in [5.74, 6) is -0.0242. The first-order valence-electron chi connectivity index (χ1n) is 5.74. The Kier molecular flexibility index (Phi) is 4.00. The molecule has 0 aliphatic heterocycles. The van der Waals surface area contributed by atoms with Crippen LogP contribution in [0.2, 0.25) is 0 Å². The van der Waals surface area contributed by atoms with E-state index in [1.165, 1.54) is 0 Å². The van der Waals surface area contributed by atoms with Crippen molar-refractivity contribution < 1.29 is 4.79 Å². The Balaban J connectivity index is 2.30. The predicted molar refractivity (Wildman–Crippen MR) is 78.9 cm³/mol. The summed E-state index contributed by atoms with van der Waals surface area (Å²) >= 11 is 4.42. The van der Waals surface area contributed by atoms with Gasteiger partial charge in [-0.2, -0.15) is 0 Å². The van der Waals surface area contributed by atoms with Crippen molar-refractivity contribution in [3.63, 3.8) is 0 Å². The largest absolute Gasteiger partial charge is 0.289 e. The molecule has 0 aliphatic rings. The fourth-order valence-electron chi connectivity index (χ4n) is 1.75. The molecule has 0 amide bonds. The Labute approximate surface area is 113 Å². The van der Waals surface area contributed by atoms with E-state index < -0.39 is 0 Å². The predicted octanol–water partition coefficient (Wildman–Crippen LogP) is 4.15. The molecule has 2 aromatic rings. The second-order valence-corrected chi connectivity index (χ2v) is 4.56. The number of thiol groups is 1. The minimum absolute atomic E-state index is 0.0242. The van der Waals surface area contributed by atoms with E-state index >= 15 is 0 Å². The molecule has 2 heteroatoms. The summed E-state index contributed by atoms with van der Waals surface area (Å²) in [6.45, 7) is 2.01. The highest BCUT2D eigenvalue weighted by atomic mass is 32.1. The smallest absolute Gasteiger partial charge is 0.186 e. The highest BCUT2D eigenvalue weighted by molar-refractivity contribution is 7.90. The molecule has 0 fully saturated rings. The first-order chi connectivity index (χ1) is 8.68. The highest BCUT2D eigenvalue weighted by Gasteiger charge is 2.05. The van der Waals surface area contributed by atoms with E-state index in [2.05, 4.69) is 12.6 Å². The molecule has 2 rings (SSSR count). The second-order valence-electron chi connectivity index (χ2n) is 4.07. The monoisotopic (exact) mass is 254 g/mol. The van der Waals surface area contributed by atoms with Crippen molar-refractivity contribution in [2.45, 2.75) is 6.92 Å². The summed E-state index contributed by atoms with van der Waals surface area (Å²) < 4.78 is 0. The number of rotatable bonds is 3. The molecular formula is C16H14OS. The number of carbonyl (C=O) groups excluding carboxylic acids is 1. The van der Waals surface area contributed by atoms with Crippen LogP contribution < -0.4 is 0 Å². The lowest BCUT2D eigenvalue weighted by atomic mass is 10.1. The third-order valence-electron chi connectivity index (χ3n) is 2.75. The lowest BCUT2D eigenvalue weighted by molar-refractivity contribution is 0.104. The van der Waals surface area contributed by atoms with Crippen LogP contribution in [0.5, 0.6) is 0 Å². The zero-order chi connectivity index (χ0) is 13.0. The van der Waals surface area contributed by atoms with E-state index in [1.807, 2.05) is 49.4 Å². The molecule has 0 N–H and O–H groups in total. The average Bonchev–Trinajstić information content (AvgIpc) is 2.40. The van der Waals surface area contributed by atoms with Gasteiger partial charge in [0, 0.05) is 10.5 Å². The van der Waals surface area contributed by atoms with Crippen LogP contribution in [0.15, 0.2) is 60.7 Å². The van der Waals surface area contributed by atoms with Gasteiger partial charge in [-0.3, -0.25) is 4.79 Å². The molecule has 0 atom stereocenters. The molecule has 0 bridgehead atoms. The number of benzene rings is 2. The number of aryl methyl sites for hydroxylation is 1. The standard InChI is InChI=1S/C16H14OS/c1-12-7-5-6-10-14(12)16(18)11-15(17)13-8-3-2-4-9-13/h2-11,18H,1H3. The SMILES string of the molecule is Cc1ccccc1C(S)=CC(=O)c1ccccc1. The van der Waals surface area contributed by atoms with Crippen LogP contribution in [0.25, 0.3) is 4.91 Å². The summed E-state index contributed by atoms with van der Waals surface area (Å²) in [4.78, 5) is 12.7. The molecule has 0 saturated heterocycles. The van der Waals surface area contributed by atoms with Gasteiger partial charge < -0.3 is 0 Å². The maximum Gasteiger partial charge on any atom is 0.186 e. The first kappa shape index (κ1) is 12.7. The normalized spacial score (nSPS) is 11.3. The van der Waals surface area contributed by atoms with E-state index in [-0.39, 0.29) is 5.78 Å². The van der Waals surface area contributed by atoms with Gasteiger partial charge in [0.25, 0.3) is 0 Å². The lowest BCUT2D eigenvalue weighted by Gasteiger charge is -2.04. The Hall–Kier alpha value is -1.80. The van der Waals surface area contributed by atoms with E-state index in [9.17, 15) is 4.79 Å². The maximum absolute atomic E-state index is 12.0. The molecule has 1 nitrogen and oxygen atoms in total. The van der Waals surface area contributed by atoms with Crippen LogP contribution in [0.4, 0.5) is 0 Å². The van der Waals surface area contributed by atoms with Crippen LogP contribution in [0.1, 0.15) is 21.5 Å². The number of carbonyl (C=O) groups is 1. The topological polar surface area (TPSA) is 17.1 Å². The van der Waals surface area contributed by atoms with Crippen LogP contribution in [0, 0.1) is 6.92 Å². The summed E-state index contributed by atoms with van der Waals surface area (Å²) in [6, 6.07) is 17.1. The first-order valence-corrected chi connectivity index (χ1v) is 6.19. The van der Waals surface area contributed by atoms with Crippen LogP contribution in [0.3, 0.4) is 0 Å². The molecule has 0 unspecified atom stereocenters. The Morgan fingerprint density at radius 2 is 1.61 bits per heavy atom. The number of hydrogen-bond acceptors (Lipinski definition) is 2. The van der Waals surface area contributed by atoms with Gasteiger partial charge in [0.2, 0.25) is 0 Å². The number of ketones is 1. The highest BCUT2D eigenvalue weighted by Crippen LogP contribution is 2.22. The molecule has 2 aromatic carbocycles. The minimum atomic E-state index is -0.0242. The second kappa shape index (κ2) is 5.69.